The molecule has 0 heterocycles. The van der Waals surface area contributed by atoms with E-state index in [-0.39, 0.29) is 12.8 Å². The second-order valence-electron chi connectivity index (χ2n) is 15.3. The van der Waals surface area contributed by atoms with Crippen LogP contribution >= 0.6 is 0 Å². The third kappa shape index (κ3) is 6.75. The Hall–Kier alpha value is -2.07. The molecular formula is C38H60O9. The zero-order chi connectivity index (χ0) is 34.6. The number of unbranched alkanes of at least 4 members (excludes halogenated alkanes) is 12. The summed E-state index contributed by atoms with van der Waals surface area (Å²) in [6.07, 6.45) is 17.5. The maximum Gasteiger partial charge on any atom is 0.306 e. The third-order valence-corrected chi connectivity index (χ3v) is 12.1. The number of hydrogen-bond acceptors (Lipinski definition) is 9. The van der Waals surface area contributed by atoms with Crippen LogP contribution < -0.4 is 0 Å². The van der Waals surface area contributed by atoms with Crippen LogP contribution in [-0.2, 0) is 23.9 Å². The number of aliphatic hydroxyl groups is 4. The zero-order valence-corrected chi connectivity index (χ0v) is 29.4. The van der Waals surface area contributed by atoms with Crippen LogP contribution in [0.4, 0.5) is 0 Å². The molecule has 9 heteroatoms. The molecule has 0 radical (unpaired) electrons. The molecule has 0 saturated heterocycles. The standard InChI is InChI=1S/C38H60O9/c1-6-7-8-9-10-11-12-13-14-15-16-17-18-19-31(42)46-34-26(3)37(45)29(32-35(5,24-40)38(32,34)47-27(4)41)21-28(23-39)22-36(44)30(37)20-25(2)33(36)43/h20-21,26,29-30,32,34,39-40,44-45H,6-19,22-24H2,1-5H3/t26-,29+,30-,32+,34-,35-,36-,37-,38-/m1/s1. The second-order valence-corrected chi connectivity index (χ2v) is 15.3. The maximum absolute atomic E-state index is 13.4. The highest BCUT2D eigenvalue weighted by atomic mass is 16.6. The lowest BCUT2D eigenvalue weighted by molar-refractivity contribution is -0.228. The predicted molar refractivity (Wildman–Crippen MR) is 178 cm³/mol. The first-order valence-corrected chi connectivity index (χ1v) is 18.3. The Morgan fingerprint density at radius 1 is 0.915 bits per heavy atom. The molecule has 9 nitrogen and oxygen atoms in total. The third-order valence-electron chi connectivity index (χ3n) is 12.1. The number of ketones is 1. The van der Waals surface area contributed by atoms with Crippen molar-refractivity contribution in [1.82, 2.24) is 0 Å². The number of fused-ring (bicyclic) bond motifs is 5. The smallest absolute Gasteiger partial charge is 0.306 e. The Morgan fingerprint density at radius 2 is 1.47 bits per heavy atom. The molecule has 4 aliphatic rings. The van der Waals surface area contributed by atoms with Gasteiger partial charge in [-0.05, 0) is 24.5 Å². The first kappa shape index (κ1) is 37.7. The fraction of sp³-hybridized carbons (Fsp3) is 0.816. The zero-order valence-electron chi connectivity index (χ0n) is 29.4. The fourth-order valence-electron chi connectivity index (χ4n) is 9.57. The van der Waals surface area contributed by atoms with Crippen molar-refractivity contribution in [2.75, 3.05) is 13.2 Å². The van der Waals surface area contributed by atoms with Crippen LogP contribution in [0.1, 0.15) is 131 Å². The van der Waals surface area contributed by atoms with E-state index >= 15 is 0 Å². The van der Waals surface area contributed by atoms with Gasteiger partial charge in [-0.25, -0.2) is 0 Å². The molecule has 0 aromatic carbocycles. The van der Waals surface area contributed by atoms with Crippen molar-refractivity contribution in [3.8, 4) is 0 Å². The van der Waals surface area contributed by atoms with Gasteiger partial charge in [0, 0.05) is 48.9 Å². The Kier molecular flexibility index (Phi) is 12.2. The molecule has 9 atom stereocenters. The van der Waals surface area contributed by atoms with Crippen LogP contribution in [-0.4, -0.2) is 74.3 Å². The molecule has 0 aromatic rings. The van der Waals surface area contributed by atoms with Crippen LogP contribution in [0.5, 0.6) is 0 Å². The minimum Gasteiger partial charge on any atom is -0.458 e. The highest BCUT2D eigenvalue weighted by Gasteiger charge is 2.89. The largest absolute Gasteiger partial charge is 0.458 e. The van der Waals surface area contributed by atoms with Gasteiger partial charge in [-0.2, -0.15) is 0 Å². The maximum atomic E-state index is 13.4. The van der Waals surface area contributed by atoms with E-state index in [0.717, 1.165) is 19.3 Å². The van der Waals surface area contributed by atoms with Gasteiger partial charge >= 0.3 is 11.9 Å². The van der Waals surface area contributed by atoms with Crippen molar-refractivity contribution >= 4 is 17.7 Å². The molecule has 0 aromatic heterocycles. The number of aliphatic hydroxyl groups excluding tert-OH is 2. The van der Waals surface area contributed by atoms with E-state index in [1.807, 2.05) is 0 Å². The van der Waals surface area contributed by atoms with E-state index < -0.39 is 82.9 Å². The molecule has 47 heavy (non-hydrogen) atoms. The number of rotatable bonds is 18. The summed E-state index contributed by atoms with van der Waals surface area (Å²) in [4.78, 5) is 39.3. The number of carbonyl (C=O) groups is 3. The molecule has 0 aliphatic heterocycles. The van der Waals surface area contributed by atoms with E-state index in [2.05, 4.69) is 6.92 Å². The SMILES string of the molecule is CCCCCCCCCCCCCCCC(=O)O[C@@H]1[C@@H](C)[C@@]2(O)[C@@H](C=C(CO)C[C@]3(O)C(=O)C(C)=C[C@@H]23)[C@@H]2[C@]1(OC(C)=O)[C@]2(C)CO. The van der Waals surface area contributed by atoms with Crippen molar-refractivity contribution < 1.29 is 44.3 Å². The molecule has 0 spiro atoms. The van der Waals surface area contributed by atoms with Gasteiger partial charge in [-0.15, -0.1) is 0 Å². The summed E-state index contributed by atoms with van der Waals surface area (Å²) in [6, 6.07) is 0. The van der Waals surface area contributed by atoms with Crippen molar-refractivity contribution in [3.05, 3.63) is 23.3 Å². The van der Waals surface area contributed by atoms with E-state index in [9.17, 15) is 34.8 Å². The van der Waals surface area contributed by atoms with Gasteiger partial charge in [0.25, 0.3) is 0 Å². The minimum atomic E-state index is -1.99. The van der Waals surface area contributed by atoms with Gasteiger partial charge in [0.15, 0.2) is 11.4 Å². The molecule has 266 valence electrons. The molecule has 0 bridgehead atoms. The first-order valence-electron chi connectivity index (χ1n) is 18.3. The van der Waals surface area contributed by atoms with E-state index in [1.54, 1.807) is 32.9 Å². The number of esters is 2. The number of ether oxygens (including phenoxy) is 2. The van der Waals surface area contributed by atoms with Gasteiger partial charge in [0.05, 0.1) is 18.8 Å². The summed E-state index contributed by atoms with van der Waals surface area (Å²) >= 11 is 0. The molecule has 4 aliphatic carbocycles. The van der Waals surface area contributed by atoms with E-state index in [1.165, 1.54) is 64.7 Å². The molecule has 2 fully saturated rings. The van der Waals surface area contributed by atoms with Gasteiger partial charge in [-0.3, -0.25) is 14.4 Å². The molecule has 0 unspecified atom stereocenters. The summed E-state index contributed by atoms with van der Waals surface area (Å²) in [5, 5.41) is 45.6. The lowest BCUT2D eigenvalue weighted by atomic mass is 9.59. The average Bonchev–Trinajstić information content (AvgIpc) is 3.51. The fourth-order valence-corrected chi connectivity index (χ4v) is 9.57. The molecular weight excluding hydrogens is 600 g/mol. The van der Waals surface area contributed by atoms with E-state index in [0.29, 0.717) is 17.6 Å². The summed E-state index contributed by atoms with van der Waals surface area (Å²) in [6.45, 7) is 7.68. The Labute approximate surface area is 281 Å². The highest BCUT2D eigenvalue weighted by molar-refractivity contribution is 6.04. The lowest BCUT2D eigenvalue weighted by Gasteiger charge is -2.53. The molecule has 0 amide bonds. The number of Topliss-reactive ketones (excluding diaryl/α,β-unsaturated/α-hetero) is 1. The summed E-state index contributed by atoms with van der Waals surface area (Å²) in [5.74, 6) is -5.10. The van der Waals surface area contributed by atoms with Crippen LogP contribution in [0, 0.1) is 29.1 Å². The van der Waals surface area contributed by atoms with Crippen molar-refractivity contribution in [2.24, 2.45) is 29.1 Å². The topological polar surface area (TPSA) is 151 Å². The monoisotopic (exact) mass is 660 g/mol. The quantitative estimate of drug-likeness (QED) is 0.0848. The second kappa shape index (κ2) is 15.2. The van der Waals surface area contributed by atoms with E-state index in [4.69, 9.17) is 9.47 Å². The van der Waals surface area contributed by atoms with Gasteiger partial charge in [0.1, 0.15) is 11.7 Å². The predicted octanol–water partition coefficient (Wildman–Crippen LogP) is 5.51. The number of carbonyl (C=O) groups excluding carboxylic acids is 3. The molecule has 4 rings (SSSR count). The van der Waals surface area contributed by atoms with Crippen LogP contribution in [0.3, 0.4) is 0 Å². The lowest BCUT2D eigenvalue weighted by Crippen LogP contribution is -2.66. The minimum absolute atomic E-state index is 0.166. The molecule has 4 N–H and O–H groups in total. The molecule has 2 saturated carbocycles. The summed E-state index contributed by atoms with van der Waals surface area (Å²) < 4.78 is 12.2. The first-order chi connectivity index (χ1) is 22.3. The Bertz CT molecular complexity index is 1210. The Morgan fingerprint density at radius 3 is 1.98 bits per heavy atom. The average molecular weight is 661 g/mol. The van der Waals surface area contributed by atoms with Crippen LogP contribution in [0.15, 0.2) is 23.3 Å². The van der Waals surface area contributed by atoms with Crippen molar-refractivity contribution in [1.29, 1.82) is 0 Å². The van der Waals surface area contributed by atoms with Gasteiger partial charge in [-0.1, -0.05) is 110 Å². The summed E-state index contributed by atoms with van der Waals surface area (Å²) in [7, 11) is 0. The van der Waals surface area contributed by atoms with Gasteiger partial charge < -0.3 is 29.9 Å². The highest BCUT2D eigenvalue weighted by Crippen LogP contribution is 2.77. The van der Waals surface area contributed by atoms with Gasteiger partial charge in [0.2, 0.25) is 0 Å². The van der Waals surface area contributed by atoms with Crippen LogP contribution in [0.25, 0.3) is 0 Å². The van der Waals surface area contributed by atoms with Crippen LogP contribution in [0.2, 0.25) is 0 Å². The normalized spacial score (nSPS) is 37.2. The van der Waals surface area contributed by atoms with Crippen molar-refractivity contribution in [3.63, 3.8) is 0 Å². The number of hydrogen-bond donors (Lipinski definition) is 4. The Balaban J connectivity index is 1.46. The summed E-state index contributed by atoms with van der Waals surface area (Å²) in [5.41, 5.74) is -5.65. The van der Waals surface area contributed by atoms with Crippen molar-refractivity contribution in [2.45, 2.75) is 154 Å².